The first-order valence-electron chi connectivity index (χ1n) is 8.89. The van der Waals surface area contributed by atoms with Crippen LogP contribution in [0.2, 0.25) is 0 Å². The Morgan fingerprint density at radius 2 is 1.50 bits per heavy atom. The molecular weight excluding hydrogens is 376 g/mol. The molecule has 0 spiro atoms. The molecule has 0 atom stereocenters. The highest BCUT2D eigenvalue weighted by Crippen LogP contribution is 2.30. The predicted molar refractivity (Wildman–Crippen MR) is 119 cm³/mol. The van der Waals surface area contributed by atoms with Crippen LogP contribution >= 0.6 is 37.5 Å². The lowest BCUT2D eigenvalue weighted by Gasteiger charge is -2.10. The monoisotopic (exact) mass is 400 g/mol. The summed E-state index contributed by atoms with van der Waals surface area (Å²) in [6.07, 6.45) is 2.16. The third kappa shape index (κ3) is 3.66. The zero-order valence-corrected chi connectivity index (χ0v) is 17.9. The summed E-state index contributed by atoms with van der Waals surface area (Å²) in [7, 11) is 0. The fourth-order valence-corrected chi connectivity index (χ4v) is 4.26. The van der Waals surface area contributed by atoms with Gasteiger partial charge in [0.05, 0.1) is 0 Å². The smallest absolute Gasteiger partial charge is 0.190 e. The van der Waals surface area contributed by atoms with E-state index in [0.717, 1.165) is 34.3 Å². The van der Waals surface area contributed by atoms with E-state index in [0.29, 0.717) is 10.7 Å². The number of rotatable bonds is 5. The van der Waals surface area contributed by atoms with Gasteiger partial charge in [0, 0.05) is 11.4 Å². The number of aromatic nitrogens is 2. The lowest BCUT2D eigenvalue weighted by molar-refractivity contribution is 0.853. The minimum absolute atomic E-state index is 0.454. The molecular formula is C21H24N2S3. The summed E-state index contributed by atoms with van der Waals surface area (Å²) in [5.41, 5.74) is 4.62. The maximum Gasteiger partial charge on any atom is 0.190 e. The molecule has 0 saturated carbocycles. The molecule has 2 aromatic carbocycles. The average Bonchev–Trinajstić information content (AvgIpc) is 2.84. The van der Waals surface area contributed by atoms with Crippen LogP contribution in [0.4, 0.5) is 0 Å². The van der Waals surface area contributed by atoms with Crippen LogP contribution in [0.3, 0.4) is 0 Å². The third-order valence-electron chi connectivity index (χ3n) is 4.51. The Labute approximate surface area is 171 Å². The lowest BCUT2D eigenvalue weighted by atomic mass is 10.0. The first-order chi connectivity index (χ1) is 12.4. The second kappa shape index (κ2) is 8.07. The van der Waals surface area contributed by atoms with Crippen molar-refractivity contribution in [3.63, 3.8) is 0 Å². The summed E-state index contributed by atoms with van der Waals surface area (Å²) >= 11 is 15.2. The SMILES string of the molecule is CCCc1cccc(-n2c(S)c(S)n(-c3cccc(C(C)C)c3)c2=S)c1. The average molecular weight is 401 g/mol. The van der Waals surface area contributed by atoms with Gasteiger partial charge < -0.3 is 0 Å². The molecule has 0 aliphatic carbocycles. The summed E-state index contributed by atoms with van der Waals surface area (Å²) in [5.74, 6) is 0.454. The highest BCUT2D eigenvalue weighted by molar-refractivity contribution is 7.83. The topological polar surface area (TPSA) is 9.86 Å². The van der Waals surface area contributed by atoms with Crippen molar-refractivity contribution >= 4 is 37.5 Å². The number of thiol groups is 2. The number of aryl methyl sites for hydroxylation is 1. The maximum atomic E-state index is 5.81. The quantitative estimate of drug-likeness (QED) is 0.360. The lowest BCUT2D eigenvalue weighted by Crippen LogP contribution is -2.00. The number of hydrogen-bond donors (Lipinski definition) is 2. The molecule has 0 aliphatic heterocycles. The molecule has 0 fully saturated rings. The normalized spacial score (nSPS) is 11.3. The van der Waals surface area contributed by atoms with Crippen LogP contribution in [0, 0.1) is 4.77 Å². The number of hydrogen-bond acceptors (Lipinski definition) is 3. The van der Waals surface area contributed by atoms with Gasteiger partial charge in [-0.2, -0.15) is 0 Å². The second-order valence-electron chi connectivity index (χ2n) is 6.77. The molecule has 0 unspecified atom stereocenters. The minimum Gasteiger partial charge on any atom is -0.279 e. The van der Waals surface area contributed by atoms with Crippen LogP contribution in [0.5, 0.6) is 0 Å². The molecule has 0 N–H and O–H groups in total. The van der Waals surface area contributed by atoms with Crippen LogP contribution in [-0.2, 0) is 6.42 Å². The molecule has 5 heteroatoms. The van der Waals surface area contributed by atoms with E-state index in [-0.39, 0.29) is 0 Å². The van der Waals surface area contributed by atoms with Crippen molar-refractivity contribution in [2.45, 2.75) is 49.6 Å². The molecule has 1 aromatic heterocycles. The van der Waals surface area contributed by atoms with E-state index in [1.807, 2.05) is 9.13 Å². The highest BCUT2D eigenvalue weighted by Gasteiger charge is 2.16. The summed E-state index contributed by atoms with van der Waals surface area (Å²) in [6.45, 7) is 6.56. The van der Waals surface area contributed by atoms with Crippen LogP contribution in [-0.4, -0.2) is 9.13 Å². The molecule has 0 aliphatic rings. The Morgan fingerprint density at radius 1 is 0.923 bits per heavy atom. The van der Waals surface area contributed by atoms with Crippen LogP contribution < -0.4 is 0 Å². The van der Waals surface area contributed by atoms with Crippen LogP contribution in [0.1, 0.15) is 44.2 Å². The molecule has 3 aromatic rings. The van der Waals surface area contributed by atoms with E-state index in [1.165, 1.54) is 11.1 Å². The van der Waals surface area contributed by atoms with Gasteiger partial charge in [-0.15, -0.1) is 25.3 Å². The van der Waals surface area contributed by atoms with E-state index in [2.05, 4.69) is 69.3 Å². The Bertz CT molecular complexity index is 983. The van der Waals surface area contributed by atoms with E-state index in [9.17, 15) is 0 Å². The Kier molecular flexibility index (Phi) is 6.00. The highest BCUT2D eigenvalue weighted by atomic mass is 32.1. The minimum atomic E-state index is 0.454. The van der Waals surface area contributed by atoms with Gasteiger partial charge >= 0.3 is 0 Å². The number of nitrogens with zero attached hydrogens (tertiary/aromatic N) is 2. The van der Waals surface area contributed by atoms with E-state index in [4.69, 9.17) is 37.5 Å². The Hall–Kier alpha value is -1.43. The van der Waals surface area contributed by atoms with Gasteiger partial charge in [0.2, 0.25) is 0 Å². The first-order valence-corrected chi connectivity index (χ1v) is 10.2. The third-order valence-corrected chi connectivity index (χ3v) is 5.87. The summed E-state index contributed by atoms with van der Waals surface area (Å²) in [5, 5.41) is 1.50. The summed E-state index contributed by atoms with van der Waals surface area (Å²) < 4.78 is 4.65. The molecule has 0 bridgehead atoms. The largest absolute Gasteiger partial charge is 0.279 e. The maximum absolute atomic E-state index is 5.81. The van der Waals surface area contributed by atoms with Crippen molar-refractivity contribution in [1.29, 1.82) is 0 Å². The zero-order chi connectivity index (χ0) is 18.8. The van der Waals surface area contributed by atoms with Crippen molar-refractivity contribution in [2.24, 2.45) is 0 Å². The fourth-order valence-electron chi connectivity index (χ4n) is 3.11. The van der Waals surface area contributed by atoms with Crippen molar-refractivity contribution in [3.05, 3.63) is 64.4 Å². The summed E-state index contributed by atoms with van der Waals surface area (Å²) in [4.78, 5) is 0. The molecule has 26 heavy (non-hydrogen) atoms. The van der Waals surface area contributed by atoms with Gasteiger partial charge in [0.25, 0.3) is 0 Å². The standard InChI is InChI=1S/C21H24N2S3/c1-4-7-15-8-5-10-17(12-15)22-19(24)20(25)23(21(22)26)18-11-6-9-16(13-18)14(2)3/h5-6,8-14,24-25H,4,7H2,1-3H3. The van der Waals surface area contributed by atoms with E-state index >= 15 is 0 Å². The van der Waals surface area contributed by atoms with E-state index in [1.54, 1.807) is 0 Å². The van der Waals surface area contributed by atoms with Gasteiger partial charge in [-0.3, -0.25) is 9.13 Å². The van der Waals surface area contributed by atoms with Gasteiger partial charge in [-0.1, -0.05) is 51.5 Å². The summed E-state index contributed by atoms with van der Waals surface area (Å²) in [6, 6.07) is 16.9. The van der Waals surface area contributed by atoms with Gasteiger partial charge in [-0.05, 0) is 59.9 Å². The molecule has 3 rings (SSSR count). The number of imidazole rings is 1. The molecule has 0 radical (unpaired) electrons. The fraction of sp³-hybridized carbons (Fsp3) is 0.286. The molecule has 0 saturated heterocycles. The van der Waals surface area contributed by atoms with Crippen LogP contribution in [0.25, 0.3) is 11.4 Å². The first kappa shape index (κ1) is 19.3. The van der Waals surface area contributed by atoms with Crippen molar-refractivity contribution in [2.75, 3.05) is 0 Å². The number of benzene rings is 2. The van der Waals surface area contributed by atoms with Gasteiger partial charge in [0.15, 0.2) is 4.77 Å². The van der Waals surface area contributed by atoms with Crippen molar-refractivity contribution in [3.8, 4) is 11.4 Å². The van der Waals surface area contributed by atoms with E-state index < -0.39 is 0 Å². The van der Waals surface area contributed by atoms with Gasteiger partial charge in [-0.25, -0.2) is 0 Å². The van der Waals surface area contributed by atoms with Gasteiger partial charge in [0.1, 0.15) is 10.1 Å². The zero-order valence-electron chi connectivity index (χ0n) is 15.3. The molecule has 0 amide bonds. The molecule has 1 heterocycles. The predicted octanol–water partition coefficient (Wildman–Crippen LogP) is 6.65. The Balaban J connectivity index is 2.17. The van der Waals surface area contributed by atoms with Crippen molar-refractivity contribution < 1.29 is 0 Å². The Morgan fingerprint density at radius 3 is 2.08 bits per heavy atom. The second-order valence-corrected chi connectivity index (χ2v) is 7.98. The van der Waals surface area contributed by atoms with Crippen molar-refractivity contribution in [1.82, 2.24) is 9.13 Å². The molecule has 2 nitrogen and oxygen atoms in total. The molecule has 136 valence electrons. The van der Waals surface area contributed by atoms with Crippen LogP contribution in [0.15, 0.2) is 58.6 Å².